The Kier molecular flexibility index (Phi) is 6.27. The van der Waals surface area contributed by atoms with Gasteiger partial charge in [-0.3, -0.25) is 14.5 Å². The highest BCUT2D eigenvalue weighted by molar-refractivity contribution is 7.80. The second-order valence-corrected chi connectivity index (χ2v) is 7.82. The molecule has 2 aromatic carbocycles. The highest BCUT2D eigenvalue weighted by Crippen LogP contribution is 2.27. The van der Waals surface area contributed by atoms with Crippen LogP contribution < -0.4 is 10.2 Å². The zero-order valence-corrected chi connectivity index (χ0v) is 18.1. The lowest BCUT2D eigenvalue weighted by molar-refractivity contribution is -0.124. The lowest BCUT2D eigenvalue weighted by Gasteiger charge is -2.23. The van der Waals surface area contributed by atoms with Crippen molar-refractivity contribution in [3.63, 3.8) is 0 Å². The number of amides is 2. The van der Waals surface area contributed by atoms with Gasteiger partial charge in [-0.25, -0.2) is 4.39 Å². The molecule has 0 aliphatic carbocycles. The molecule has 1 atom stereocenters. The van der Waals surface area contributed by atoms with Gasteiger partial charge >= 0.3 is 0 Å². The van der Waals surface area contributed by atoms with Crippen LogP contribution in [-0.4, -0.2) is 39.6 Å². The van der Waals surface area contributed by atoms with Crippen molar-refractivity contribution in [3.8, 4) is 0 Å². The van der Waals surface area contributed by atoms with Gasteiger partial charge in [0.25, 0.3) is 5.91 Å². The fourth-order valence-electron chi connectivity index (χ4n) is 3.60. The van der Waals surface area contributed by atoms with E-state index in [1.165, 1.54) is 17.0 Å². The first kappa shape index (κ1) is 21.6. The zero-order chi connectivity index (χ0) is 22.7. The van der Waals surface area contributed by atoms with Crippen LogP contribution >= 0.6 is 12.2 Å². The predicted molar refractivity (Wildman–Crippen MR) is 122 cm³/mol. The largest absolute Gasteiger partial charge is 0.360 e. The number of benzene rings is 2. The molecule has 0 spiro atoms. The van der Waals surface area contributed by atoms with Crippen molar-refractivity contribution in [1.82, 2.24) is 10.1 Å². The molecule has 164 valence electrons. The molecule has 1 aromatic heterocycles. The summed E-state index contributed by atoms with van der Waals surface area (Å²) >= 11 is 5.63. The molecule has 1 unspecified atom stereocenters. The van der Waals surface area contributed by atoms with E-state index in [9.17, 15) is 14.0 Å². The summed E-state index contributed by atoms with van der Waals surface area (Å²) in [5.74, 6) is -0.102. The number of hydrogen-bond acceptors (Lipinski definition) is 5. The van der Waals surface area contributed by atoms with Gasteiger partial charge in [-0.2, -0.15) is 0 Å². The molecule has 4 rings (SSSR count). The number of aryl methyl sites for hydroxylation is 1. The van der Waals surface area contributed by atoms with Gasteiger partial charge in [0.2, 0.25) is 5.91 Å². The van der Waals surface area contributed by atoms with Crippen LogP contribution in [0, 0.1) is 12.7 Å². The summed E-state index contributed by atoms with van der Waals surface area (Å²) in [7, 11) is 0. The molecule has 0 saturated carbocycles. The first-order valence-electron chi connectivity index (χ1n) is 10.1. The van der Waals surface area contributed by atoms with Crippen LogP contribution in [0.1, 0.15) is 17.7 Å². The number of carbonyl (C=O) groups excluding carboxylic acids is 2. The molecule has 0 radical (unpaired) electrons. The van der Waals surface area contributed by atoms with Crippen molar-refractivity contribution in [3.05, 3.63) is 77.8 Å². The summed E-state index contributed by atoms with van der Waals surface area (Å²) < 4.78 is 18.2. The molecule has 7 nitrogen and oxygen atoms in total. The lowest BCUT2D eigenvalue weighted by Crippen LogP contribution is -2.39. The van der Waals surface area contributed by atoms with Gasteiger partial charge < -0.3 is 14.7 Å². The average molecular weight is 453 g/mol. The molecule has 1 aliphatic rings. The number of nitrogens with one attached hydrogen (secondary N) is 1. The molecule has 1 N–H and O–H groups in total. The van der Waals surface area contributed by atoms with Crippen molar-refractivity contribution in [2.75, 3.05) is 16.8 Å². The highest BCUT2D eigenvalue weighted by atomic mass is 32.1. The molecular formula is C23H21FN4O3S. The van der Waals surface area contributed by atoms with Crippen LogP contribution in [0.3, 0.4) is 0 Å². The van der Waals surface area contributed by atoms with E-state index in [1.807, 2.05) is 18.2 Å². The van der Waals surface area contributed by atoms with Crippen LogP contribution in [0.2, 0.25) is 0 Å². The first-order valence-corrected chi connectivity index (χ1v) is 10.5. The minimum absolute atomic E-state index is 0.0996. The maximum Gasteiger partial charge on any atom is 0.256 e. The normalized spacial score (nSPS) is 16.0. The number of thiocarbonyl (C=S) groups is 1. The monoisotopic (exact) mass is 452 g/mol. The Bertz CT molecular complexity index is 1130. The van der Waals surface area contributed by atoms with E-state index < -0.39 is 6.04 Å². The van der Waals surface area contributed by atoms with E-state index in [0.717, 1.165) is 5.56 Å². The Morgan fingerprint density at radius 2 is 1.91 bits per heavy atom. The summed E-state index contributed by atoms with van der Waals surface area (Å²) in [6.45, 7) is 2.12. The predicted octanol–water partition coefficient (Wildman–Crippen LogP) is 3.70. The summed E-state index contributed by atoms with van der Waals surface area (Å²) in [6, 6.07) is 16.1. The smallest absolute Gasteiger partial charge is 0.256 e. The molecular weight excluding hydrogens is 431 g/mol. The van der Waals surface area contributed by atoms with E-state index >= 15 is 0 Å². The van der Waals surface area contributed by atoms with Gasteiger partial charge in [-0.05, 0) is 55.4 Å². The number of halogens is 1. The van der Waals surface area contributed by atoms with Gasteiger partial charge in [-0.15, -0.1) is 0 Å². The number of aromatic nitrogens is 1. The van der Waals surface area contributed by atoms with Crippen molar-refractivity contribution in [2.45, 2.75) is 25.8 Å². The number of hydrogen-bond donors (Lipinski definition) is 1. The minimum atomic E-state index is -0.767. The Balaban J connectivity index is 1.54. The van der Waals surface area contributed by atoms with Gasteiger partial charge in [0.1, 0.15) is 17.6 Å². The van der Waals surface area contributed by atoms with Crippen molar-refractivity contribution in [1.29, 1.82) is 0 Å². The molecule has 1 saturated heterocycles. The van der Waals surface area contributed by atoms with Crippen LogP contribution in [0.4, 0.5) is 15.9 Å². The van der Waals surface area contributed by atoms with Crippen LogP contribution in [0.5, 0.6) is 0 Å². The fourth-order valence-corrected chi connectivity index (χ4v) is 4.01. The Morgan fingerprint density at radius 3 is 2.56 bits per heavy atom. The molecule has 3 aromatic rings. The van der Waals surface area contributed by atoms with E-state index in [0.29, 0.717) is 35.3 Å². The minimum Gasteiger partial charge on any atom is -0.360 e. The van der Waals surface area contributed by atoms with Gasteiger partial charge in [0, 0.05) is 12.6 Å². The van der Waals surface area contributed by atoms with E-state index in [2.05, 4.69) is 10.5 Å². The number of nitrogens with zero attached hydrogens (tertiary/aromatic N) is 3. The second-order valence-electron chi connectivity index (χ2n) is 7.45. The molecule has 1 aliphatic heterocycles. The SMILES string of the molecule is Cc1cc(NC(=O)CC2C(=O)N(c3ccccc3)C(=S)N2CCc2ccc(F)cc2)no1. The van der Waals surface area contributed by atoms with Crippen molar-refractivity contribution >= 4 is 40.6 Å². The molecule has 1 fully saturated rings. The fraction of sp³-hybridized carbons (Fsp3) is 0.217. The summed E-state index contributed by atoms with van der Waals surface area (Å²) in [5, 5.41) is 6.74. The van der Waals surface area contributed by atoms with E-state index in [1.54, 1.807) is 42.2 Å². The zero-order valence-electron chi connectivity index (χ0n) is 17.3. The van der Waals surface area contributed by atoms with E-state index in [4.69, 9.17) is 16.7 Å². The Morgan fingerprint density at radius 1 is 1.19 bits per heavy atom. The molecule has 0 bridgehead atoms. The molecule has 32 heavy (non-hydrogen) atoms. The lowest BCUT2D eigenvalue weighted by atomic mass is 10.1. The molecule has 9 heteroatoms. The third-order valence-electron chi connectivity index (χ3n) is 5.16. The van der Waals surface area contributed by atoms with E-state index in [-0.39, 0.29) is 24.1 Å². The molecule has 2 amide bonds. The van der Waals surface area contributed by atoms with Gasteiger partial charge in [0.05, 0.1) is 12.1 Å². The van der Waals surface area contributed by atoms with Crippen LogP contribution in [0.25, 0.3) is 0 Å². The number of anilines is 2. The quantitative estimate of drug-likeness (QED) is 0.551. The molecule has 2 heterocycles. The Labute approximate surface area is 189 Å². The second kappa shape index (κ2) is 9.27. The topological polar surface area (TPSA) is 78.7 Å². The van der Waals surface area contributed by atoms with Crippen molar-refractivity contribution in [2.24, 2.45) is 0 Å². The maximum absolute atomic E-state index is 13.3. The standard InChI is InChI=1S/C23H21FN4O3S/c1-15-13-20(26-31-15)25-21(29)14-19-22(30)28(18-5-3-2-4-6-18)23(32)27(19)12-11-16-7-9-17(24)10-8-16/h2-10,13,19H,11-12,14H2,1H3,(H,25,26,29). The van der Waals surface area contributed by atoms with Gasteiger partial charge in [0.15, 0.2) is 10.9 Å². The third-order valence-corrected chi connectivity index (χ3v) is 5.58. The summed E-state index contributed by atoms with van der Waals surface area (Å²) in [6.07, 6.45) is 0.439. The highest BCUT2D eigenvalue weighted by Gasteiger charge is 2.43. The average Bonchev–Trinajstić information content (AvgIpc) is 3.28. The first-order chi connectivity index (χ1) is 15.4. The number of rotatable bonds is 7. The Hall–Kier alpha value is -3.59. The number of para-hydroxylation sites is 1. The van der Waals surface area contributed by atoms with Gasteiger partial charge in [-0.1, -0.05) is 35.5 Å². The van der Waals surface area contributed by atoms with Crippen LogP contribution in [-0.2, 0) is 16.0 Å². The third kappa shape index (κ3) is 4.67. The maximum atomic E-state index is 13.3. The summed E-state index contributed by atoms with van der Waals surface area (Å²) in [4.78, 5) is 29.2. The number of carbonyl (C=O) groups is 2. The van der Waals surface area contributed by atoms with Crippen LogP contribution in [0.15, 0.2) is 65.2 Å². The van der Waals surface area contributed by atoms with Crippen molar-refractivity contribution < 1.29 is 18.5 Å². The summed E-state index contributed by atoms with van der Waals surface area (Å²) in [5.41, 5.74) is 1.55.